The second-order valence-electron chi connectivity index (χ2n) is 11.7. The quantitative estimate of drug-likeness (QED) is 0.515. The van der Waals surface area contributed by atoms with Crippen molar-refractivity contribution in [3.8, 4) is 0 Å². The van der Waals surface area contributed by atoms with Crippen LogP contribution < -0.4 is 0 Å². The van der Waals surface area contributed by atoms with Gasteiger partial charge in [-0.1, -0.05) is 32.6 Å². The molecular formula is C27H48O4. The number of fused-ring (bicyclic) bond motifs is 1. The van der Waals surface area contributed by atoms with Crippen LogP contribution in [0.3, 0.4) is 0 Å². The zero-order chi connectivity index (χ0) is 23.3. The average molecular weight is 437 g/mol. The molecule has 2 aliphatic carbocycles. The lowest BCUT2D eigenvalue weighted by atomic mass is 9.72. The smallest absolute Gasteiger partial charge is 0.155 e. The summed E-state index contributed by atoms with van der Waals surface area (Å²) in [7, 11) is 0. The van der Waals surface area contributed by atoms with Crippen LogP contribution in [0.4, 0.5) is 0 Å². The highest BCUT2D eigenvalue weighted by molar-refractivity contribution is 5.90. The molecular weight excluding hydrogens is 388 g/mol. The third-order valence-corrected chi connectivity index (χ3v) is 8.01. The van der Waals surface area contributed by atoms with Crippen molar-refractivity contribution in [1.29, 1.82) is 0 Å². The van der Waals surface area contributed by atoms with Crippen molar-refractivity contribution >= 4 is 5.78 Å². The molecule has 1 saturated carbocycles. The molecule has 0 radical (unpaired) electrons. The Balaban J connectivity index is 2.21. The Morgan fingerprint density at radius 3 is 2.39 bits per heavy atom. The van der Waals surface area contributed by atoms with Gasteiger partial charge >= 0.3 is 0 Å². The van der Waals surface area contributed by atoms with Gasteiger partial charge in [-0.2, -0.15) is 0 Å². The molecule has 0 aromatic heterocycles. The summed E-state index contributed by atoms with van der Waals surface area (Å²) in [5.41, 5.74) is -1.60. The zero-order valence-electron chi connectivity index (χ0n) is 20.8. The van der Waals surface area contributed by atoms with E-state index in [1.807, 2.05) is 27.7 Å². The second kappa shape index (κ2) is 10.9. The molecule has 0 aromatic rings. The fourth-order valence-corrected chi connectivity index (χ4v) is 5.83. The van der Waals surface area contributed by atoms with Crippen LogP contribution in [0, 0.1) is 17.8 Å². The van der Waals surface area contributed by atoms with Crippen LogP contribution in [0.15, 0.2) is 11.6 Å². The number of rotatable bonds is 5. The van der Waals surface area contributed by atoms with Gasteiger partial charge in [-0.3, -0.25) is 4.79 Å². The summed E-state index contributed by atoms with van der Waals surface area (Å²) in [6.45, 7) is 9.71. The van der Waals surface area contributed by atoms with Crippen molar-refractivity contribution < 1.29 is 20.1 Å². The van der Waals surface area contributed by atoms with Crippen molar-refractivity contribution in [3.63, 3.8) is 0 Å². The van der Waals surface area contributed by atoms with Crippen LogP contribution in [0.25, 0.3) is 0 Å². The number of carbonyl (C=O) groups excluding carboxylic acids is 1. The van der Waals surface area contributed by atoms with Crippen LogP contribution in [0.5, 0.6) is 0 Å². The maximum atomic E-state index is 12.6. The maximum Gasteiger partial charge on any atom is 0.155 e. The molecule has 5 atom stereocenters. The van der Waals surface area contributed by atoms with Gasteiger partial charge in [-0.05, 0) is 108 Å². The van der Waals surface area contributed by atoms with Crippen molar-refractivity contribution in [1.82, 2.24) is 0 Å². The minimum absolute atomic E-state index is 0.113. The van der Waals surface area contributed by atoms with E-state index >= 15 is 0 Å². The number of hydrogen-bond donors (Lipinski definition) is 3. The molecule has 1 fully saturated rings. The first-order valence-corrected chi connectivity index (χ1v) is 12.7. The van der Waals surface area contributed by atoms with Crippen molar-refractivity contribution in [2.24, 2.45) is 17.8 Å². The molecule has 0 heterocycles. The van der Waals surface area contributed by atoms with E-state index < -0.39 is 16.8 Å². The summed E-state index contributed by atoms with van der Waals surface area (Å²) in [4.78, 5) is 12.6. The van der Waals surface area contributed by atoms with Gasteiger partial charge in [0.15, 0.2) is 5.78 Å². The summed E-state index contributed by atoms with van der Waals surface area (Å²) in [6, 6.07) is 0. The standard InChI is InChI=1S/C27H48O4/c1-20-11-7-6-8-13-22(28)19-24-23(20)14-9-12-21(15-18-27(24,5)31)26(4,30)17-10-16-25(2,3)29/h19-21,23,29-31H,6-18H2,1-5H3. The van der Waals surface area contributed by atoms with Gasteiger partial charge in [0.1, 0.15) is 0 Å². The molecule has 0 aromatic carbocycles. The lowest BCUT2D eigenvalue weighted by Crippen LogP contribution is -2.38. The molecule has 2 rings (SSSR count). The SMILES string of the molecule is CC1CCCCCC(=O)C=C2C1CCCC(C(C)(O)CCCC(C)(C)O)CCC2(C)O. The minimum Gasteiger partial charge on any atom is -0.390 e. The Labute approximate surface area is 190 Å². The van der Waals surface area contributed by atoms with Crippen LogP contribution in [-0.2, 0) is 4.79 Å². The highest BCUT2D eigenvalue weighted by Gasteiger charge is 2.39. The molecule has 180 valence electrons. The zero-order valence-corrected chi connectivity index (χ0v) is 20.8. The van der Waals surface area contributed by atoms with E-state index in [1.165, 1.54) is 0 Å². The van der Waals surface area contributed by atoms with Gasteiger partial charge in [0.05, 0.1) is 16.8 Å². The summed E-state index contributed by atoms with van der Waals surface area (Å²) in [5, 5.41) is 32.9. The predicted molar refractivity (Wildman–Crippen MR) is 127 cm³/mol. The lowest BCUT2D eigenvalue weighted by molar-refractivity contribution is -0.115. The molecule has 5 unspecified atom stereocenters. The van der Waals surface area contributed by atoms with E-state index in [1.54, 1.807) is 6.08 Å². The number of carbonyl (C=O) groups is 1. The Morgan fingerprint density at radius 2 is 1.71 bits per heavy atom. The fraction of sp³-hybridized carbons (Fsp3) is 0.889. The largest absolute Gasteiger partial charge is 0.390 e. The van der Waals surface area contributed by atoms with Crippen LogP contribution in [0.1, 0.15) is 118 Å². The average Bonchev–Trinajstić information content (AvgIpc) is 2.69. The molecule has 2 aliphatic rings. The lowest BCUT2D eigenvalue weighted by Gasteiger charge is -2.37. The van der Waals surface area contributed by atoms with Crippen molar-refractivity contribution in [2.75, 3.05) is 0 Å². The number of hydrogen-bond acceptors (Lipinski definition) is 4. The Hall–Kier alpha value is -0.710. The van der Waals surface area contributed by atoms with Gasteiger partial charge in [-0.25, -0.2) is 0 Å². The molecule has 0 bridgehead atoms. The second-order valence-corrected chi connectivity index (χ2v) is 11.7. The summed E-state index contributed by atoms with van der Waals surface area (Å²) in [6.07, 6.45) is 13.0. The van der Waals surface area contributed by atoms with Crippen LogP contribution in [0.2, 0.25) is 0 Å². The Morgan fingerprint density at radius 1 is 1.00 bits per heavy atom. The maximum absolute atomic E-state index is 12.6. The first-order valence-electron chi connectivity index (χ1n) is 12.7. The van der Waals surface area contributed by atoms with Gasteiger partial charge in [0, 0.05) is 6.42 Å². The minimum atomic E-state index is -1.01. The van der Waals surface area contributed by atoms with Gasteiger partial charge in [0.25, 0.3) is 0 Å². The first-order chi connectivity index (χ1) is 14.3. The molecule has 0 saturated heterocycles. The van der Waals surface area contributed by atoms with E-state index in [0.29, 0.717) is 31.6 Å². The summed E-state index contributed by atoms with van der Waals surface area (Å²) in [5.74, 6) is 0.953. The van der Waals surface area contributed by atoms with Crippen molar-refractivity contribution in [2.45, 2.75) is 135 Å². The topological polar surface area (TPSA) is 77.8 Å². The monoisotopic (exact) mass is 436 g/mol. The predicted octanol–water partition coefficient (Wildman–Crippen LogP) is 5.72. The highest BCUT2D eigenvalue weighted by Crippen LogP contribution is 2.43. The number of aliphatic hydroxyl groups is 3. The van der Waals surface area contributed by atoms with Gasteiger partial charge in [0.2, 0.25) is 0 Å². The molecule has 3 N–H and O–H groups in total. The fourth-order valence-electron chi connectivity index (χ4n) is 5.83. The van der Waals surface area contributed by atoms with E-state index in [4.69, 9.17) is 0 Å². The molecule has 31 heavy (non-hydrogen) atoms. The molecule has 0 aliphatic heterocycles. The number of ketones is 1. The molecule has 0 spiro atoms. The number of allylic oxidation sites excluding steroid dienone is 1. The van der Waals surface area contributed by atoms with Crippen LogP contribution >= 0.6 is 0 Å². The van der Waals surface area contributed by atoms with Crippen molar-refractivity contribution in [3.05, 3.63) is 11.6 Å². The van der Waals surface area contributed by atoms with Gasteiger partial charge < -0.3 is 15.3 Å². The Kier molecular flexibility index (Phi) is 9.37. The first kappa shape index (κ1) is 26.5. The molecule has 4 nitrogen and oxygen atoms in total. The van der Waals surface area contributed by atoms with E-state index in [9.17, 15) is 20.1 Å². The molecule has 0 amide bonds. The summed E-state index contributed by atoms with van der Waals surface area (Å²) < 4.78 is 0. The van der Waals surface area contributed by atoms with Gasteiger partial charge in [-0.15, -0.1) is 0 Å². The van der Waals surface area contributed by atoms with Crippen LogP contribution in [-0.4, -0.2) is 37.9 Å². The third kappa shape index (κ3) is 8.29. The Bertz CT molecular complexity index is 611. The molecule has 4 heteroatoms. The van der Waals surface area contributed by atoms with E-state index in [2.05, 4.69) is 6.92 Å². The summed E-state index contributed by atoms with van der Waals surface area (Å²) >= 11 is 0. The third-order valence-electron chi connectivity index (χ3n) is 8.01. The highest BCUT2D eigenvalue weighted by atomic mass is 16.3. The van der Waals surface area contributed by atoms with E-state index in [0.717, 1.165) is 63.4 Å². The normalized spacial score (nSPS) is 33.9. The van der Waals surface area contributed by atoms with E-state index in [-0.39, 0.29) is 17.6 Å².